The van der Waals surface area contributed by atoms with Crippen molar-refractivity contribution in [3.8, 4) is 0 Å². The number of anilines is 1. The van der Waals surface area contributed by atoms with Crippen LogP contribution in [0.1, 0.15) is 51.0 Å². The zero-order chi connectivity index (χ0) is 17.1. The summed E-state index contributed by atoms with van der Waals surface area (Å²) >= 11 is 0. The summed E-state index contributed by atoms with van der Waals surface area (Å²) in [5, 5.41) is 3.06. The van der Waals surface area contributed by atoms with Gasteiger partial charge in [0.2, 0.25) is 5.91 Å². The van der Waals surface area contributed by atoms with E-state index in [1.54, 1.807) is 0 Å². The molecule has 2 fully saturated rings. The Balaban J connectivity index is 1.65. The third-order valence-corrected chi connectivity index (χ3v) is 7.13. The summed E-state index contributed by atoms with van der Waals surface area (Å²) in [6.45, 7) is 9.12. The van der Waals surface area contributed by atoms with Crippen LogP contribution in [-0.4, -0.2) is 29.4 Å². The van der Waals surface area contributed by atoms with Gasteiger partial charge in [0.05, 0.1) is 5.92 Å². The van der Waals surface area contributed by atoms with Crippen molar-refractivity contribution >= 4 is 11.6 Å². The van der Waals surface area contributed by atoms with Crippen LogP contribution in [0.4, 0.5) is 5.69 Å². The highest BCUT2D eigenvalue weighted by Gasteiger charge is 2.49. The van der Waals surface area contributed by atoms with Gasteiger partial charge in [-0.2, -0.15) is 0 Å². The first-order valence-corrected chi connectivity index (χ1v) is 9.20. The number of nitrogens with zero attached hydrogens (tertiary/aromatic N) is 1. The van der Waals surface area contributed by atoms with Gasteiger partial charge in [0.1, 0.15) is 0 Å². The molecule has 24 heavy (non-hydrogen) atoms. The van der Waals surface area contributed by atoms with Gasteiger partial charge < -0.3 is 5.32 Å². The van der Waals surface area contributed by atoms with Crippen molar-refractivity contribution in [2.45, 2.75) is 57.0 Å². The number of nitrogens with one attached hydrogen (secondary N) is 1. The number of likely N-dealkylation sites (tertiary alicyclic amines) is 1. The number of fused-ring (bicyclic) bond motifs is 3. The highest BCUT2D eigenvalue weighted by Crippen LogP contribution is 2.50. The molecule has 1 saturated heterocycles. The number of piperidine rings is 1. The molecule has 4 atom stereocenters. The molecular formula is C21H28N2O. The monoisotopic (exact) mass is 324 g/mol. The number of amides is 1. The number of carbonyl (C=O) groups is 1. The Morgan fingerprint density at radius 3 is 2.88 bits per heavy atom. The number of para-hydroxylation sites is 1. The van der Waals surface area contributed by atoms with Crippen molar-refractivity contribution in [1.29, 1.82) is 0 Å². The van der Waals surface area contributed by atoms with Crippen molar-refractivity contribution in [2.24, 2.45) is 11.8 Å². The van der Waals surface area contributed by atoms with Crippen molar-refractivity contribution in [1.82, 2.24) is 4.90 Å². The van der Waals surface area contributed by atoms with Crippen molar-refractivity contribution in [3.63, 3.8) is 0 Å². The van der Waals surface area contributed by atoms with E-state index >= 15 is 0 Å². The van der Waals surface area contributed by atoms with E-state index in [0.29, 0.717) is 12.0 Å². The lowest BCUT2D eigenvalue weighted by molar-refractivity contribution is -0.118. The van der Waals surface area contributed by atoms with Gasteiger partial charge in [-0.05, 0) is 70.0 Å². The van der Waals surface area contributed by atoms with E-state index in [1.807, 2.05) is 18.2 Å². The van der Waals surface area contributed by atoms with E-state index in [0.717, 1.165) is 30.0 Å². The van der Waals surface area contributed by atoms with Gasteiger partial charge in [-0.15, -0.1) is 0 Å². The van der Waals surface area contributed by atoms with Gasteiger partial charge in [0, 0.05) is 17.3 Å². The van der Waals surface area contributed by atoms with Crippen molar-refractivity contribution < 1.29 is 4.79 Å². The van der Waals surface area contributed by atoms with Crippen molar-refractivity contribution in [2.75, 3.05) is 12.4 Å². The average molecular weight is 324 g/mol. The Bertz CT molecular complexity index is 693. The lowest BCUT2D eigenvalue weighted by Gasteiger charge is -2.57. The van der Waals surface area contributed by atoms with Gasteiger partial charge in [-0.3, -0.25) is 9.69 Å². The largest absolute Gasteiger partial charge is 0.325 e. The third kappa shape index (κ3) is 2.25. The Hall–Kier alpha value is -1.61. The van der Waals surface area contributed by atoms with Gasteiger partial charge in [0.25, 0.3) is 0 Å². The van der Waals surface area contributed by atoms with Crippen LogP contribution in [-0.2, 0) is 4.79 Å². The molecule has 1 aliphatic carbocycles. The summed E-state index contributed by atoms with van der Waals surface area (Å²) < 4.78 is 0. The second kappa shape index (κ2) is 5.45. The fraction of sp³-hybridized carbons (Fsp3) is 0.571. The molecule has 1 amide bonds. The Labute approximate surface area is 145 Å². The molecule has 2 bridgehead atoms. The topological polar surface area (TPSA) is 32.3 Å². The molecule has 3 aliphatic rings. The number of rotatable bonds is 2. The normalized spacial score (nSPS) is 34.8. The molecule has 2 unspecified atom stereocenters. The summed E-state index contributed by atoms with van der Waals surface area (Å²) in [6.07, 6.45) is 4.53. The smallest absolute Gasteiger partial charge is 0.232 e. The predicted molar refractivity (Wildman–Crippen MR) is 98.0 cm³/mol. The highest BCUT2D eigenvalue weighted by atomic mass is 16.2. The molecule has 0 aromatic heterocycles. The molecular weight excluding hydrogens is 296 g/mol. The molecule has 3 heteroatoms. The third-order valence-electron chi connectivity index (χ3n) is 7.13. The summed E-state index contributed by atoms with van der Waals surface area (Å²) in [7, 11) is 2.25. The van der Waals surface area contributed by atoms with E-state index < -0.39 is 0 Å². The van der Waals surface area contributed by atoms with Crippen LogP contribution < -0.4 is 5.32 Å². The molecule has 1 aromatic carbocycles. The highest BCUT2D eigenvalue weighted by molar-refractivity contribution is 6.02. The lowest BCUT2D eigenvalue weighted by atomic mass is 9.62. The maximum atomic E-state index is 12.6. The number of hydrogen-bond acceptors (Lipinski definition) is 2. The SMILES string of the molecule is C=C1CCC2C[C@H]1[C@@H](CC1C(=O)Nc3ccccc31)N(C)C2(C)C. The van der Waals surface area contributed by atoms with Gasteiger partial charge in [-0.25, -0.2) is 0 Å². The first kappa shape index (κ1) is 15.9. The van der Waals surface area contributed by atoms with E-state index in [-0.39, 0.29) is 17.4 Å². The van der Waals surface area contributed by atoms with Gasteiger partial charge in [-0.1, -0.05) is 30.4 Å². The zero-order valence-corrected chi connectivity index (χ0v) is 15.0. The Morgan fingerprint density at radius 2 is 2.08 bits per heavy atom. The second-order valence-electron chi connectivity index (χ2n) is 8.43. The quantitative estimate of drug-likeness (QED) is 0.828. The summed E-state index contributed by atoms with van der Waals surface area (Å²) in [6, 6.07) is 8.54. The number of hydrogen-bond donors (Lipinski definition) is 1. The van der Waals surface area contributed by atoms with Crippen LogP contribution >= 0.6 is 0 Å². The number of benzene rings is 1. The van der Waals surface area contributed by atoms with Crippen LogP contribution in [0.3, 0.4) is 0 Å². The molecule has 4 rings (SSSR count). The maximum Gasteiger partial charge on any atom is 0.232 e. The fourth-order valence-corrected chi connectivity index (χ4v) is 5.27. The van der Waals surface area contributed by atoms with E-state index in [9.17, 15) is 4.79 Å². The Morgan fingerprint density at radius 1 is 1.33 bits per heavy atom. The van der Waals surface area contributed by atoms with E-state index in [1.165, 1.54) is 18.4 Å². The van der Waals surface area contributed by atoms with E-state index in [4.69, 9.17) is 0 Å². The van der Waals surface area contributed by atoms with Gasteiger partial charge in [0.15, 0.2) is 0 Å². The van der Waals surface area contributed by atoms with Crippen LogP contribution in [0, 0.1) is 11.8 Å². The molecule has 0 spiro atoms. The van der Waals surface area contributed by atoms with Crippen LogP contribution in [0.25, 0.3) is 0 Å². The molecule has 0 radical (unpaired) electrons. The first-order valence-electron chi connectivity index (χ1n) is 9.20. The summed E-state index contributed by atoms with van der Waals surface area (Å²) in [4.78, 5) is 15.1. The number of carbonyl (C=O) groups excluding carboxylic acids is 1. The minimum absolute atomic E-state index is 0.0317. The average Bonchev–Trinajstić information content (AvgIpc) is 2.87. The standard InChI is InChI=1S/C21H28N2O/c1-13-9-10-14-11-16(13)19(23(4)21(14,2)3)12-17-15-7-5-6-8-18(15)22-20(17)24/h5-8,14,16-17,19H,1,9-12H2,2-4H3,(H,22,24)/t14?,16-,17?,19-/m1/s1. The molecule has 2 aliphatic heterocycles. The molecule has 1 aromatic rings. The second-order valence-corrected chi connectivity index (χ2v) is 8.43. The molecule has 2 heterocycles. The maximum absolute atomic E-state index is 12.6. The first-order chi connectivity index (χ1) is 11.4. The minimum Gasteiger partial charge on any atom is -0.325 e. The van der Waals surface area contributed by atoms with E-state index in [2.05, 4.69) is 43.8 Å². The van der Waals surface area contributed by atoms with Gasteiger partial charge >= 0.3 is 0 Å². The molecule has 1 N–H and O–H groups in total. The molecule has 3 nitrogen and oxygen atoms in total. The van der Waals surface area contributed by atoms with Crippen LogP contribution in [0.2, 0.25) is 0 Å². The fourth-order valence-electron chi connectivity index (χ4n) is 5.27. The Kier molecular flexibility index (Phi) is 3.61. The van der Waals surface area contributed by atoms with Crippen LogP contribution in [0.15, 0.2) is 36.4 Å². The lowest BCUT2D eigenvalue weighted by Crippen LogP contribution is -2.61. The summed E-state index contributed by atoms with van der Waals surface area (Å²) in [5.74, 6) is 1.39. The summed E-state index contributed by atoms with van der Waals surface area (Å²) in [5.41, 5.74) is 3.74. The molecule has 128 valence electrons. The predicted octanol–water partition coefficient (Wildman–Crippen LogP) is 4.18. The zero-order valence-electron chi connectivity index (χ0n) is 15.0. The minimum atomic E-state index is -0.0317. The molecule has 1 saturated carbocycles. The van der Waals surface area contributed by atoms with Crippen LogP contribution in [0.5, 0.6) is 0 Å². The van der Waals surface area contributed by atoms with Crippen molar-refractivity contribution in [3.05, 3.63) is 42.0 Å².